The van der Waals surface area contributed by atoms with Crippen molar-refractivity contribution in [1.29, 1.82) is 0 Å². The number of carbonyl (C=O) groups excluding carboxylic acids is 2. The molecule has 2 atom stereocenters. The molecule has 0 radical (unpaired) electrons. The summed E-state index contributed by atoms with van der Waals surface area (Å²) in [4.78, 5) is 27.2. The summed E-state index contributed by atoms with van der Waals surface area (Å²) in [6.07, 6.45) is 0.818. The van der Waals surface area contributed by atoms with E-state index in [0.717, 1.165) is 12.0 Å². The number of hydrogen-bond acceptors (Lipinski definition) is 3. The zero-order chi connectivity index (χ0) is 21.4. The largest absolute Gasteiger partial charge is 0.483 e. The molecule has 2 rings (SSSR count). The summed E-state index contributed by atoms with van der Waals surface area (Å²) in [6.45, 7) is 5.81. The van der Waals surface area contributed by atoms with Crippen LogP contribution < -0.4 is 10.1 Å². The molecule has 2 amide bonds. The molecule has 0 aromatic heterocycles. The lowest BCUT2D eigenvalue weighted by Gasteiger charge is -2.29. The van der Waals surface area contributed by atoms with Crippen molar-refractivity contribution in [2.75, 3.05) is 6.61 Å². The number of rotatable bonds is 9. The fourth-order valence-corrected chi connectivity index (χ4v) is 3.44. The van der Waals surface area contributed by atoms with Gasteiger partial charge in [-0.3, -0.25) is 9.59 Å². The minimum absolute atomic E-state index is 0.0416. The van der Waals surface area contributed by atoms with Crippen LogP contribution in [0.5, 0.6) is 5.75 Å². The fraction of sp³-hybridized carbons (Fsp3) is 0.364. The number of ether oxygens (including phenoxy) is 1. The molecule has 29 heavy (non-hydrogen) atoms. The summed E-state index contributed by atoms with van der Waals surface area (Å²) in [5, 5.41) is 3.51. The van der Waals surface area contributed by atoms with Crippen molar-refractivity contribution in [2.45, 2.75) is 45.8 Å². The van der Waals surface area contributed by atoms with Crippen molar-refractivity contribution in [2.24, 2.45) is 0 Å². The number of nitrogens with zero attached hydrogens (tertiary/aromatic N) is 1. The van der Waals surface area contributed by atoms with Crippen LogP contribution in [0.25, 0.3) is 0 Å². The van der Waals surface area contributed by atoms with Gasteiger partial charge < -0.3 is 15.0 Å². The first kappa shape index (κ1) is 23.2. The molecule has 2 aromatic carbocycles. The van der Waals surface area contributed by atoms with Gasteiger partial charge in [0.1, 0.15) is 11.8 Å². The minimum atomic E-state index is -0.631. The minimum Gasteiger partial charge on any atom is -0.483 e. The SMILES string of the molecule is CCC(C)NC(=O)C(C)N(Cc1ccccc1)C(=O)COc1ccc(Cl)cc1Br. The first-order chi connectivity index (χ1) is 13.8. The smallest absolute Gasteiger partial charge is 0.261 e. The molecule has 7 heteroatoms. The Hall–Kier alpha value is -2.05. The molecule has 0 heterocycles. The second kappa shape index (κ2) is 11.2. The molecule has 2 aromatic rings. The number of carbonyl (C=O) groups is 2. The lowest BCUT2D eigenvalue weighted by Crippen LogP contribution is -2.50. The third kappa shape index (κ3) is 7.05. The Morgan fingerprint density at radius 2 is 1.86 bits per heavy atom. The molecular weight excluding hydrogens is 456 g/mol. The number of benzene rings is 2. The maximum atomic E-state index is 13.0. The Balaban J connectivity index is 2.14. The molecule has 156 valence electrons. The van der Waals surface area contributed by atoms with Crippen LogP contribution in [0.1, 0.15) is 32.8 Å². The molecule has 0 saturated heterocycles. The summed E-state index contributed by atoms with van der Waals surface area (Å²) in [7, 11) is 0. The van der Waals surface area contributed by atoms with E-state index < -0.39 is 6.04 Å². The van der Waals surface area contributed by atoms with E-state index in [-0.39, 0.29) is 24.5 Å². The highest BCUT2D eigenvalue weighted by Gasteiger charge is 2.27. The van der Waals surface area contributed by atoms with Crippen LogP contribution in [-0.4, -0.2) is 35.4 Å². The quantitative estimate of drug-likeness (QED) is 0.559. The predicted molar refractivity (Wildman–Crippen MR) is 119 cm³/mol. The van der Waals surface area contributed by atoms with Crippen LogP contribution in [0, 0.1) is 0 Å². The number of nitrogens with one attached hydrogen (secondary N) is 1. The third-order valence-electron chi connectivity index (χ3n) is 4.61. The normalized spacial score (nSPS) is 12.7. The van der Waals surface area contributed by atoms with Gasteiger partial charge in [0, 0.05) is 17.6 Å². The summed E-state index contributed by atoms with van der Waals surface area (Å²) in [6, 6.07) is 14.1. The van der Waals surface area contributed by atoms with Gasteiger partial charge in [0.2, 0.25) is 5.91 Å². The molecule has 0 bridgehead atoms. The van der Waals surface area contributed by atoms with Gasteiger partial charge in [0.05, 0.1) is 4.47 Å². The summed E-state index contributed by atoms with van der Waals surface area (Å²) in [5.41, 5.74) is 0.941. The molecule has 1 N–H and O–H groups in total. The van der Waals surface area contributed by atoms with Crippen LogP contribution in [0.4, 0.5) is 0 Å². The van der Waals surface area contributed by atoms with Crippen LogP contribution in [-0.2, 0) is 16.1 Å². The van der Waals surface area contributed by atoms with E-state index in [1.54, 1.807) is 25.1 Å². The Kier molecular flexibility index (Phi) is 8.99. The van der Waals surface area contributed by atoms with Crippen LogP contribution in [0.2, 0.25) is 5.02 Å². The molecule has 0 spiro atoms. The van der Waals surface area contributed by atoms with Crippen LogP contribution >= 0.6 is 27.5 Å². The first-order valence-electron chi connectivity index (χ1n) is 9.53. The Morgan fingerprint density at radius 3 is 2.48 bits per heavy atom. The van der Waals surface area contributed by atoms with E-state index in [2.05, 4.69) is 21.2 Å². The van der Waals surface area contributed by atoms with Crippen LogP contribution in [0.3, 0.4) is 0 Å². The maximum absolute atomic E-state index is 13.0. The second-order valence-electron chi connectivity index (χ2n) is 6.86. The second-order valence-corrected chi connectivity index (χ2v) is 8.16. The van der Waals surface area contributed by atoms with Crippen LogP contribution in [0.15, 0.2) is 53.0 Å². The average Bonchev–Trinajstić information content (AvgIpc) is 2.71. The molecule has 2 unspecified atom stereocenters. The zero-order valence-corrected chi connectivity index (χ0v) is 19.2. The molecule has 0 aliphatic heterocycles. The standard InChI is InChI=1S/C22H26BrClN2O3/c1-4-15(2)25-22(28)16(3)26(13-17-8-6-5-7-9-17)21(27)14-29-20-11-10-18(24)12-19(20)23/h5-12,15-16H,4,13-14H2,1-3H3,(H,25,28). The molecule has 0 saturated carbocycles. The predicted octanol–water partition coefficient (Wildman–Crippen LogP) is 4.81. The van der Waals surface area contributed by atoms with E-state index in [4.69, 9.17) is 16.3 Å². The topological polar surface area (TPSA) is 58.6 Å². The van der Waals surface area contributed by atoms with E-state index in [9.17, 15) is 9.59 Å². The molecule has 0 fully saturated rings. The summed E-state index contributed by atoms with van der Waals surface area (Å²) < 4.78 is 6.34. The highest BCUT2D eigenvalue weighted by atomic mass is 79.9. The van der Waals surface area contributed by atoms with Gasteiger partial charge in [0.15, 0.2) is 6.61 Å². The zero-order valence-electron chi connectivity index (χ0n) is 16.8. The average molecular weight is 482 g/mol. The number of amides is 2. The third-order valence-corrected chi connectivity index (χ3v) is 5.46. The number of hydrogen-bond donors (Lipinski definition) is 1. The van der Waals surface area contributed by atoms with Crippen molar-refractivity contribution in [1.82, 2.24) is 10.2 Å². The first-order valence-corrected chi connectivity index (χ1v) is 10.7. The van der Waals surface area contributed by atoms with Crippen molar-refractivity contribution < 1.29 is 14.3 Å². The molecular formula is C22H26BrClN2O3. The highest BCUT2D eigenvalue weighted by molar-refractivity contribution is 9.10. The van der Waals surface area contributed by atoms with Gasteiger partial charge in [-0.1, -0.05) is 48.9 Å². The Morgan fingerprint density at radius 1 is 1.17 bits per heavy atom. The Bertz CT molecular complexity index is 832. The maximum Gasteiger partial charge on any atom is 0.261 e. The van der Waals surface area contributed by atoms with Crippen molar-refractivity contribution in [3.63, 3.8) is 0 Å². The van der Waals surface area contributed by atoms with E-state index in [0.29, 0.717) is 21.8 Å². The van der Waals surface area contributed by atoms with Gasteiger partial charge in [-0.2, -0.15) is 0 Å². The molecule has 0 aliphatic carbocycles. The summed E-state index contributed by atoms with van der Waals surface area (Å²) in [5.74, 6) is 0.0536. The molecule has 0 aliphatic rings. The molecule has 5 nitrogen and oxygen atoms in total. The Labute approximate surface area is 185 Å². The fourth-order valence-electron chi connectivity index (χ4n) is 2.64. The van der Waals surface area contributed by atoms with E-state index in [1.165, 1.54) is 4.90 Å². The monoisotopic (exact) mass is 480 g/mol. The van der Waals surface area contributed by atoms with Crippen molar-refractivity contribution in [3.05, 3.63) is 63.6 Å². The van der Waals surface area contributed by atoms with Crippen molar-refractivity contribution in [3.8, 4) is 5.75 Å². The lowest BCUT2D eigenvalue weighted by atomic mass is 10.1. The van der Waals surface area contributed by atoms with Crippen molar-refractivity contribution >= 4 is 39.3 Å². The van der Waals surface area contributed by atoms with E-state index in [1.807, 2.05) is 44.2 Å². The van der Waals surface area contributed by atoms with Gasteiger partial charge in [-0.05, 0) is 60.0 Å². The van der Waals surface area contributed by atoms with Gasteiger partial charge in [-0.25, -0.2) is 0 Å². The van der Waals surface area contributed by atoms with E-state index >= 15 is 0 Å². The lowest BCUT2D eigenvalue weighted by molar-refractivity contribution is -0.142. The van der Waals surface area contributed by atoms with Gasteiger partial charge in [-0.15, -0.1) is 0 Å². The van der Waals surface area contributed by atoms with Gasteiger partial charge in [0.25, 0.3) is 5.91 Å². The van der Waals surface area contributed by atoms with Gasteiger partial charge >= 0.3 is 0 Å². The summed E-state index contributed by atoms with van der Waals surface area (Å²) >= 11 is 9.32. The number of halogens is 2. The highest BCUT2D eigenvalue weighted by Crippen LogP contribution is 2.28.